The van der Waals surface area contributed by atoms with E-state index in [-0.39, 0.29) is 5.91 Å². The number of fused-ring (bicyclic) bond motifs is 1. The molecule has 0 saturated carbocycles. The van der Waals surface area contributed by atoms with Crippen LogP contribution in [0, 0.1) is 0 Å². The number of nitrogens with zero attached hydrogens (tertiary/aromatic N) is 4. The Bertz CT molecular complexity index is 1080. The van der Waals surface area contributed by atoms with E-state index in [1.165, 1.54) is 0 Å². The molecule has 1 aromatic heterocycles. The predicted octanol–water partition coefficient (Wildman–Crippen LogP) is 3.65. The van der Waals surface area contributed by atoms with Gasteiger partial charge in [-0.15, -0.1) is 0 Å². The van der Waals surface area contributed by atoms with Crippen molar-refractivity contribution < 1.29 is 9.53 Å². The summed E-state index contributed by atoms with van der Waals surface area (Å²) in [6.07, 6.45) is 0. The highest BCUT2D eigenvalue weighted by molar-refractivity contribution is 6.30. The van der Waals surface area contributed by atoms with Crippen LogP contribution in [0.25, 0.3) is 0 Å². The number of hydrogen-bond donors (Lipinski definition) is 2. The predicted molar refractivity (Wildman–Crippen MR) is 110 cm³/mol. The highest BCUT2D eigenvalue weighted by Crippen LogP contribution is 2.36. The molecule has 0 fully saturated rings. The monoisotopic (exact) mass is 410 g/mol. The van der Waals surface area contributed by atoms with E-state index < -0.39 is 6.04 Å². The van der Waals surface area contributed by atoms with Crippen molar-refractivity contribution in [3.8, 4) is 5.75 Å². The minimum absolute atomic E-state index is 0.275. The van der Waals surface area contributed by atoms with Crippen molar-refractivity contribution >= 4 is 29.1 Å². The highest BCUT2D eigenvalue weighted by atomic mass is 35.5. The van der Waals surface area contributed by atoms with Crippen LogP contribution in [0.4, 0.5) is 11.6 Å². The van der Waals surface area contributed by atoms with Crippen LogP contribution in [0.15, 0.2) is 59.8 Å². The molecule has 2 aromatic carbocycles. The summed E-state index contributed by atoms with van der Waals surface area (Å²) < 4.78 is 7.20. The van der Waals surface area contributed by atoms with Gasteiger partial charge in [0.15, 0.2) is 0 Å². The van der Waals surface area contributed by atoms with Gasteiger partial charge in [-0.25, -0.2) is 0 Å². The molecule has 1 aliphatic heterocycles. The first-order chi connectivity index (χ1) is 14.1. The van der Waals surface area contributed by atoms with Crippen LogP contribution in [0.3, 0.4) is 0 Å². The molecular weight excluding hydrogens is 392 g/mol. The van der Waals surface area contributed by atoms with E-state index >= 15 is 0 Å². The number of aromatic nitrogens is 4. The van der Waals surface area contributed by atoms with Gasteiger partial charge in [0, 0.05) is 10.7 Å². The summed E-state index contributed by atoms with van der Waals surface area (Å²) in [7, 11) is 0. The second-order valence-corrected chi connectivity index (χ2v) is 6.88. The second-order valence-electron chi connectivity index (χ2n) is 6.45. The quantitative estimate of drug-likeness (QED) is 0.666. The molecule has 8 nitrogen and oxygen atoms in total. The fraction of sp³-hybridized carbons (Fsp3) is 0.200. The second kappa shape index (κ2) is 7.92. The zero-order valence-corrected chi connectivity index (χ0v) is 16.6. The number of ether oxygens (including phenoxy) is 1. The zero-order chi connectivity index (χ0) is 20.4. The van der Waals surface area contributed by atoms with Crippen molar-refractivity contribution in [2.24, 2.45) is 0 Å². The van der Waals surface area contributed by atoms with Gasteiger partial charge in [-0.1, -0.05) is 41.0 Å². The molecule has 1 atom stereocenters. The standard InChI is InChI=1S/C20H19ClN6O2/c1-3-29-16-7-5-4-6-15(16)23-19(28)17-12(2)22-20-24-25-26-27(20)18(17)13-8-10-14(21)11-9-13/h4-11,18H,3H2,1-2H3,(H,23,28)(H,22,24,26). The molecule has 29 heavy (non-hydrogen) atoms. The number of carbonyl (C=O) groups excluding carboxylic acids is 1. The molecule has 0 bridgehead atoms. The largest absolute Gasteiger partial charge is 0.492 e. The first-order valence-electron chi connectivity index (χ1n) is 9.12. The molecule has 1 aliphatic rings. The lowest BCUT2D eigenvalue weighted by molar-refractivity contribution is -0.113. The van der Waals surface area contributed by atoms with Gasteiger partial charge >= 0.3 is 0 Å². The molecule has 0 saturated heterocycles. The maximum Gasteiger partial charge on any atom is 0.255 e. The normalized spacial score (nSPS) is 15.5. The third kappa shape index (κ3) is 3.66. The Hall–Kier alpha value is -3.39. The van der Waals surface area contributed by atoms with Crippen LogP contribution in [-0.2, 0) is 4.79 Å². The highest BCUT2D eigenvalue weighted by Gasteiger charge is 2.34. The maximum absolute atomic E-state index is 13.3. The number of allylic oxidation sites excluding steroid dienone is 1. The van der Waals surface area contributed by atoms with Gasteiger partial charge < -0.3 is 15.4 Å². The van der Waals surface area contributed by atoms with E-state index in [4.69, 9.17) is 16.3 Å². The third-order valence-corrected chi connectivity index (χ3v) is 4.83. The average Bonchev–Trinajstić information content (AvgIpc) is 3.17. The number of tetrazole rings is 1. The van der Waals surface area contributed by atoms with E-state index in [0.717, 1.165) is 5.56 Å². The van der Waals surface area contributed by atoms with Gasteiger partial charge in [0.05, 0.1) is 17.9 Å². The van der Waals surface area contributed by atoms with Crippen molar-refractivity contribution in [2.45, 2.75) is 19.9 Å². The van der Waals surface area contributed by atoms with Crippen molar-refractivity contribution in [1.29, 1.82) is 0 Å². The van der Waals surface area contributed by atoms with Crippen LogP contribution in [0.5, 0.6) is 5.75 Å². The number of benzene rings is 2. The molecule has 148 valence electrons. The zero-order valence-electron chi connectivity index (χ0n) is 15.9. The van der Waals surface area contributed by atoms with Crippen molar-refractivity contribution in [2.75, 3.05) is 17.2 Å². The number of hydrogen-bond acceptors (Lipinski definition) is 6. The van der Waals surface area contributed by atoms with Crippen LogP contribution in [-0.4, -0.2) is 32.7 Å². The number of para-hydroxylation sites is 2. The Morgan fingerprint density at radius 3 is 2.76 bits per heavy atom. The Balaban J connectivity index is 1.74. The summed E-state index contributed by atoms with van der Waals surface area (Å²) in [5, 5.41) is 18.5. The molecule has 9 heteroatoms. The van der Waals surface area contributed by atoms with E-state index in [9.17, 15) is 4.79 Å². The van der Waals surface area contributed by atoms with Gasteiger partial charge in [0.1, 0.15) is 11.8 Å². The smallest absolute Gasteiger partial charge is 0.255 e. The van der Waals surface area contributed by atoms with E-state index in [2.05, 4.69) is 26.2 Å². The molecule has 0 radical (unpaired) electrons. The van der Waals surface area contributed by atoms with Gasteiger partial charge in [0.25, 0.3) is 5.91 Å². The molecular formula is C20H19ClN6O2. The lowest BCUT2D eigenvalue weighted by Gasteiger charge is -2.28. The average molecular weight is 411 g/mol. The Labute approximate surface area is 172 Å². The van der Waals surface area contributed by atoms with Crippen LogP contribution in [0.2, 0.25) is 5.02 Å². The molecule has 4 rings (SSSR count). The number of anilines is 2. The van der Waals surface area contributed by atoms with Gasteiger partial charge in [-0.05, 0) is 54.1 Å². The Morgan fingerprint density at radius 2 is 2.00 bits per heavy atom. The van der Waals surface area contributed by atoms with Crippen LogP contribution < -0.4 is 15.4 Å². The summed E-state index contributed by atoms with van der Waals surface area (Å²) in [6.45, 7) is 4.22. The number of nitrogens with one attached hydrogen (secondary N) is 2. The summed E-state index contributed by atoms with van der Waals surface area (Å²) in [6, 6.07) is 14.1. The summed E-state index contributed by atoms with van der Waals surface area (Å²) in [5.74, 6) is 0.800. The van der Waals surface area contributed by atoms with E-state index in [0.29, 0.717) is 40.3 Å². The van der Waals surface area contributed by atoms with Crippen molar-refractivity contribution in [1.82, 2.24) is 20.2 Å². The SMILES string of the molecule is CCOc1ccccc1NC(=O)C1=C(C)Nc2nnnn2C1c1ccc(Cl)cc1. The van der Waals surface area contributed by atoms with Gasteiger partial charge in [-0.2, -0.15) is 4.68 Å². The molecule has 1 amide bonds. The van der Waals surface area contributed by atoms with Gasteiger partial charge in [0.2, 0.25) is 5.95 Å². The first kappa shape index (κ1) is 18.9. The molecule has 0 spiro atoms. The number of carbonyl (C=O) groups is 1. The molecule has 3 aromatic rings. The molecule has 0 aliphatic carbocycles. The first-order valence-corrected chi connectivity index (χ1v) is 9.50. The lowest BCUT2D eigenvalue weighted by Crippen LogP contribution is -2.31. The minimum Gasteiger partial charge on any atom is -0.492 e. The van der Waals surface area contributed by atoms with Gasteiger partial charge in [-0.3, -0.25) is 4.79 Å². The maximum atomic E-state index is 13.3. The van der Waals surface area contributed by atoms with E-state index in [1.54, 1.807) is 22.9 Å². The lowest BCUT2D eigenvalue weighted by atomic mass is 9.95. The van der Waals surface area contributed by atoms with Crippen molar-refractivity contribution in [3.63, 3.8) is 0 Å². The fourth-order valence-electron chi connectivity index (χ4n) is 3.30. The summed E-state index contributed by atoms with van der Waals surface area (Å²) in [5.41, 5.74) is 2.60. The third-order valence-electron chi connectivity index (χ3n) is 4.58. The molecule has 2 heterocycles. The number of halogens is 1. The molecule has 2 N–H and O–H groups in total. The Morgan fingerprint density at radius 1 is 1.24 bits per heavy atom. The van der Waals surface area contributed by atoms with Crippen LogP contribution in [0.1, 0.15) is 25.5 Å². The minimum atomic E-state index is -0.502. The summed E-state index contributed by atoms with van der Waals surface area (Å²) in [4.78, 5) is 13.3. The Kier molecular flexibility index (Phi) is 5.18. The van der Waals surface area contributed by atoms with E-state index in [1.807, 2.05) is 44.2 Å². The topological polar surface area (TPSA) is 94.0 Å². The number of amides is 1. The molecule has 1 unspecified atom stereocenters. The van der Waals surface area contributed by atoms with Crippen molar-refractivity contribution in [3.05, 3.63) is 70.4 Å². The summed E-state index contributed by atoms with van der Waals surface area (Å²) >= 11 is 6.05. The number of rotatable bonds is 5. The van der Waals surface area contributed by atoms with Crippen LogP contribution >= 0.6 is 11.6 Å². The fourth-order valence-corrected chi connectivity index (χ4v) is 3.43.